The zero-order valence-corrected chi connectivity index (χ0v) is 17.4. The molecule has 1 aliphatic heterocycles. The largest absolute Gasteiger partial charge is 0.356 e. The van der Waals surface area contributed by atoms with Gasteiger partial charge in [-0.3, -0.25) is 9.89 Å². The van der Waals surface area contributed by atoms with E-state index >= 15 is 0 Å². The summed E-state index contributed by atoms with van der Waals surface area (Å²) in [6.07, 6.45) is 5.99. The standard InChI is InChI=1S/C16H30N6O.HI/c1-4-14-7-5-6-11-22(14)12-10-19-16(17-3)18-9-8-15-20-13(2)21-23-15;/h14H,4-12H2,1-3H3,(H2,17,18,19);1H. The SMILES string of the molecule is CCC1CCCCN1CCNC(=NC)NCCc1nc(C)no1.I. The molecular weight excluding hydrogens is 419 g/mol. The normalized spacial score (nSPS) is 19.0. The molecule has 0 amide bonds. The van der Waals surface area contributed by atoms with E-state index in [1.165, 1.54) is 32.2 Å². The monoisotopic (exact) mass is 450 g/mol. The Labute approximate surface area is 162 Å². The van der Waals surface area contributed by atoms with Crippen molar-refractivity contribution in [1.82, 2.24) is 25.7 Å². The minimum atomic E-state index is 0. The molecule has 1 aromatic heterocycles. The van der Waals surface area contributed by atoms with Crippen molar-refractivity contribution in [2.24, 2.45) is 4.99 Å². The summed E-state index contributed by atoms with van der Waals surface area (Å²) in [7, 11) is 1.79. The molecule has 1 aliphatic rings. The number of nitrogens with one attached hydrogen (secondary N) is 2. The van der Waals surface area contributed by atoms with Crippen LogP contribution in [0, 0.1) is 6.92 Å². The Morgan fingerprint density at radius 1 is 1.33 bits per heavy atom. The van der Waals surface area contributed by atoms with Gasteiger partial charge in [0.05, 0.1) is 0 Å². The van der Waals surface area contributed by atoms with Crippen LogP contribution in [0.5, 0.6) is 0 Å². The molecule has 1 fully saturated rings. The van der Waals surface area contributed by atoms with Crippen LogP contribution in [-0.2, 0) is 6.42 Å². The van der Waals surface area contributed by atoms with E-state index in [-0.39, 0.29) is 24.0 Å². The molecule has 8 heteroatoms. The number of likely N-dealkylation sites (tertiary alicyclic amines) is 1. The van der Waals surface area contributed by atoms with Crippen LogP contribution < -0.4 is 10.6 Å². The summed E-state index contributed by atoms with van der Waals surface area (Å²) in [6.45, 7) is 8.05. The highest BCUT2D eigenvalue weighted by molar-refractivity contribution is 14.0. The first-order valence-electron chi connectivity index (χ1n) is 8.70. The zero-order valence-electron chi connectivity index (χ0n) is 15.0. The molecule has 1 saturated heterocycles. The molecule has 1 aromatic rings. The molecule has 0 saturated carbocycles. The summed E-state index contributed by atoms with van der Waals surface area (Å²) >= 11 is 0. The number of halogens is 1. The van der Waals surface area contributed by atoms with Gasteiger partial charge in [0.15, 0.2) is 11.8 Å². The molecule has 0 aliphatic carbocycles. The van der Waals surface area contributed by atoms with Gasteiger partial charge in [0.1, 0.15) is 0 Å². The molecule has 2 rings (SSSR count). The Bertz CT molecular complexity index is 493. The first-order chi connectivity index (χ1) is 11.2. The van der Waals surface area contributed by atoms with Crippen molar-refractivity contribution < 1.29 is 4.52 Å². The summed E-state index contributed by atoms with van der Waals surface area (Å²) < 4.78 is 5.10. The molecule has 7 nitrogen and oxygen atoms in total. The lowest BCUT2D eigenvalue weighted by Crippen LogP contribution is -2.46. The van der Waals surface area contributed by atoms with Crippen LogP contribution >= 0.6 is 24.0 Å². The molecule has 0 bridgehead atoms. The summed E-state index contributed by atoms with van der Waals surface area (Å²) in [5.41, 5.74) is 0. The summed E-state index contributed by atoms with van der Waals surface area (Å²) in [5.74, 6) is 2.16. The average Bonchev–Trinajstić information content (AvgIpc) is 2.99. The summed E-state index contributed by atoms with van der Waals surface area (Å²) in [6, 6.07) is 0.751. The number of piperidine rings is 1. The Balaban J connectivity index is 0.00000288. The van der Waals surface area contributed by atoms with Gasteiger partial charge >= 0.3 is 0 Å². The lowest BCUT2D eigenvalue weighted by atomic mass is 10.0. The van der Waals surface area contributed by atoms with Crippen molar-refractivity contribution in [2.75, 3.05) is 33.2 Å². The number of hydrogen-bond acceptors (Lipinski definition) is 5. The quantitative estimate of drug-likeness (QED) is 0.376. The van der Waals surface area contributed by atoms with Crippen LogP contribution in [0.3, 0.4) is 0 Å². The topological polar surface area (TPSA) is 78.6 Å². The van der Waals surface area contributed by atoms with E-state index in [0.717, 1.165) is 31.6 Å². The Kier molecular flexibility index (Phi) is 10.2. The van der Waals surface area contributed by atoms with E-state index in [2.05, 4.69) is 37.6 Å². The third kappa shape index (κ3) is 6.92. The molecule has 138 valence electrons. The van der Waals surface area contributed by atoms with Gasteiger partial charge in [0, 0.05) is 39.1 Å². The van der Waals surface area contributed by atoms with Crippen molar-refractivity contribution in [2.45, 2.75) is 52.0 Å². The number of aliphatic imine (C=N–C) groups is 1. The number of aryl methyl sites for hydroxylation is 1. The van der Waals surface area contributed by atoms with Gasteiger partial charge in [0.2, 0.25) is 5.89 Å². The van der Waals surface area contributed by atoms with E-state index in [1.54, 1.807) is 7.05 Å². The molecule has 2 N–H and O–H groups in total. The second-order valence-corrected chi connectivity index (χ2v) is 6.00. The second kappa shape index (κ2) is 11.6. The Hall–Kier alpha value is -0.900. The van der Waals surface area contributed by atoms with Crippen molar-refractivity contribution in [3.63, 3.8) is 0 Å². The molecule has 2 heterocycles. The maximum atomic E-state index is 5.10. The predicted octanol–water partition coefficient (Wildman–Crippen LogP) is 1.97. The van der Waals surface area contributed by atoms with Crippen LogP contribution in [0.25, 0.3) is 0 Å². The molecule has 0 spiro atoms. The maximum Gasteiger partial charge on any atom is 0.228 e. The van der Waals surface area contributed by atoms with E-state index in [1.807, 2.05) is 6.92 Å². The van der Waals surface area contributed by atoms with Crippen molar-refractivity contribution >= 4 is 29.9 Å². The lowest BCUT2D eigenvalue weighted by molar-refractivity contribution is 0.147. The zero-order chi connectivity index (χ0) is 16.5. The molecular formula is C16H31IN6O. The van der Waals surface area contributed by atoms with Crippen LogP contribution in [-0.4, -0.2) is 60.3 Å². The minimum absolute atomic E-state index is 0. The van der Waals surface area contributed by atoms with Gasteiger partial charge in [-0.05, 0) is 32.7 Å². The van der Waals surface area contributed by atoms with Crippen molar-refractivity contribution in [3.8, 4) is 0 Å². The van der Waals surface area contributed by atoms with Gasteiger partial charge in [-0.1, -0.05) is 18.5 Å². The summed E-state index contributed by atoms with van der Waals surface area (Å²) in [5, 5.41) is 10.5. The van der Waals surface area contributed by atoms with Crippen LogP contribution in [0.15, 0.2) is 9.52 Å². The fraction of sp³-hybridized carbons (Fsp3) is 0.812. The van der Waals surface area contributed by atoms with Gasteiger partial charge in [-0.15, -0.1) is 24.0 Å². The molecule has 0 radical (unpaired) electrons. The first-order valence-corrected chi connectivity index (χ1v) is 8.70. The van der Waals surface area contributed by atoms with E-state index in [9.17, 15) is 0 Å². The number of nitrogens with zero attached hydrogens (tertiary/aromatic N) is 4. The van der Waals surface area contributed by atoms with E-state index in [0.29, 0.717) is 18.1 Å². The van der Waals surface area contributed by atoms with E-state index in [4.69, 9.17) is 4.52 Å². The first kappa shape index (κ1) is 21.1. The number of guanidine groups is 1. The predicted molar refractivity (Wildman–Crippen MR) is 107 cm³/mol. The third-order valence-corrected chi connectivity index (χ3v) is 4.34. The van der Waals surface area contributed by atoms with Gasteiger partial charge < -0.3 is 15.2 Å². The third-order valence-electron chi connectivity index (χ3n) is 4.34. The molecule has 1 unspecified atom stereocenters. The fourth-order valence-corrected chi connectivity index (χ4v) is 3.08. The van der Waals surface area contributed by atoms with Crippen molar-refractivity contribution in [1.29, 1.82) is 0 Å². The van der Waals surface area contributed by atoms with Crippen molar-refractivity contribution in [3.05, 3.63) is 11.7 Å². The Morgan fingerprint density at radius 2 is 2.12 bits per heavy atom. The van der Waals surface area contributed by atoms with Crippen LogP contribution in [0.4, 0.5) is 0 Å². The Morgan fingerprint density at radius 3 is 2.79 bits per heavy atom. The van der Waals surface area contributed by atoms with E-state index < -0.39 is 0 Å². The number of hydrogen-bond donors (Lipinski definition) is 2. The molecule has 0 aromatic carbocycles. The molecule has 1 atom stereocenters. The lowest BCUT2D eigenvalue weighted by Gasteiger charge is -2.35. The minimum Gasteiger partial charge on any atom is -0.356 e. The van der Waals surface area contributed by atoms with Gasteiger partial charge in [0.25, 0.3) is 0 Å². The average molecular weight is 450 g/mol. The highest BCUT2D eigenvalue weighted by Gasteiger charge is 2.19. The second-order valence-electron chi connectivity index (χ2n) is 6.00. The maximum absolute atomic E-state index is 5.10. The number of rotatable bonds is 7. The van der Waals surface area contributed by atoms with Gasteiger partial charge in [-0.2, -0.15) is 4.98 Å². The highest BCUT2D eigenvalue weighted by atomic mass is 127. The number of aromatic nitrogens is 2. The fourth-order valence-electron chi connectivity index (χ4n) is 3.08. The van der Waals surface area contributed by atoms with Crippen LogP contribution in [0.2, 0.25) is 0 Å². The smallest absolute Gasteiger partial charge is 0.228 e. The van der Waals surface area contributed by atoms with Gasteiger partial charge in [-0.25, -0.2) is 0 Å². The summed E-state index contributed by atoms with van der Waals surface area (Å²) in [4.78, 5) is 11.0. The molecule has 24 heavy (non-hydrogen) atoms. The van der Waals surface area contributed by atoms with Crippen LogP contribution in [0.1, 0.15) is 44.3 Å². The highest BCUT2D eigenvalue weighted by Crippen LogP contribution is 2.18.